The lowest BCUT2D eigenvalue weighted by molar-refractivity contribution is -0.113. The van der Waals surface area contributed by atoms with Gasteiger partial charge >= 0.3 is 0 Å². The van der Waals surface area contributed by atoms with Crippen LogP contribution in [0.4, 0.5) is 5.69 Å². The van der Waals surface area contributed by atoms with Gasteiger partial charge in [-0.2, -0.15) is 0 Å². The van der Waals surface area contributed by atoms with Gasteiger partial charge in [0.05, 0.1) is 11.8 Å². The summed E-state index contributed by atoms with van der Waals surface area (Å²) in [6, 6.07) is 8.38. The first-order chi connectivity index (χ1) is 12.1. The quantitative estimate of drug-likeness (QED) is 0.788. The minimum Gasteiger partial charge on any atom is -0.325 e. The van der Waals surface area contributed by atoms with Gasteiger partial charge in [0, 0.05) is 5.69 Å². The van der Waals surface area contributed by atoms with E-state index in [9.17, 15) is 4.79 Å². The third-order valence-corrected chi connectivity index (χ3v) is 5.51. The molecule has 1 fully saturated rings. The number of nitrogens with zero attached hydrogens (tertiary/aromatic N) is 4. The smallest absolute Gasteiger partial charge is 0.234 e. The predicted molar refractivity (Wildman–Crippen MR) is 99.8 cm³/mol. The molecule has 25 heavy (non-hydrogen) atoms. The highest BCUT2D eigenvalue weighted by Crippen LogP contribution is 2.30. The van der Waals surface area contributed by atoms with Crippen LogP contribution in [0.5, 0.6) is 0 Å². The third-order valence-electron chi connectivity index (χ3n) is 4.58. The maximum atomic E-state index is 12.2. The molecule has 1 saturated carbocycles. The fourth-order valence-corrected chi connectivity index (χ4v) is 3.86. The fraction of sp³-hybridized carbons (Fsp3) is 0.556. The summed E-state index contributed by atoms with van der Waals surface area (Å²) in [5, 5.41) is 15.7. The van der Waals surface area contributed by atoms with Crippen LogP contribution < -0.4 is 5.32 Å². The first-order valence-corrected chi connectivity index (χ1v) is 9.92. The molecule has 1 aromatic heterocycles. The Kier molecular flexibility index (Phi) is 6.07. The SMILES string of the molecule is CC(C)c1ccc(NC(=O)CSc2nnnn2C2CCCCC2)cc1. The molecule has 134 valence electrons. The molecular formula is C18H25N5OS. The van der Waals surface area contributed by atoms with Crippen molar-refractivity contribution in [2.75, 3.05) is 11.1 Å². The molecule has 0 radical (unpaired) electrons. The summed E-state index contributed by atoms with van der Waals surface area (Å²) in [6.45, 7) is 4.31. The number of carbonyl (C=O) groups is 1. The molecule has 1 N–H and O–H groups in total. The zero-order valence-corrected chi connectivity index (χ0v) is 15.6. The van der Waals surface area contributed by atoms with Crippen LogP contribution in [0.3, 0.4) is 0 Å². The third kappa shape index (κ3) is 4.81. The Morgan fingerprint density at radius 3 is 2.64 bits per heavy atom. The number of rotatable bonds is 6. The Hall–Kier alpha value is -1.89. The Labute approximate surface area is 152 Å². The van der Waals surface area contributed by atoms with Crippen LogP contribution in [0, 0.1) is 0 Å². The molecule has 2 aromatic rings. The fourth-order valence-electron chi connectivity index (χ4n) is 3.11. The highest BCUT2D eigenvalue weighted by atomic mass is 32.2. The number of hydrogen-bond donors (Lipinski definition) is 1. The van der Waals surface area contributed by atoms with Gasteiger partial charge in [-0.05, 0) is 46.9 Å². The lowest BCUT2D eigenvalue weighted by atomic mass is 9.96. The van der Waals surface area contributed by atoms with Crippen LogP contribution in [-0.4, -0.2) is 31.9 Å². The lowest BCUT2D eigenvalue weighted by Gasteiger charge is -2.21. The molecule has 6 nitrogen and oxygen atoms in total. The normalized spacial score (nSPS) is 15.5. The van der Waals surface area contributed by atoms with E-state index in [0.29, 0.717) is 17.7 Å². The van der Waals surface area contributed by atoms with Gasteiger partial charge in [0.1, 0.15) is 0 Å². The van der Waals surface area contributed by atoms with Crippen LogP contribution in [0.2, 0.25) is 0 Å². The van der Waals surface area contributed by atoms with Crippen LogP contribution in [0.1, 0.15) is 63.5 Å². The number of aromatic nitrogens is 4. The van der Waals surface area contributed by atoms with Gasteiger partial charge in [-0.3, -0.25) is 4.79 Å². The van der Waals surface area contributed by atoms with Gasteiger partial charge in [0.25, 0.3) is 0 Å². The minimum atomic E-state index is -0.0412. The summed E-state index contributed by atoms with van der Waals surface area (Å²) in [5.74, 6) is 0.749. The molecule has 0 spiro atoms. The van der Waals surface area contributed by atoms with Gasteiger partial charge in [-0.25, -0.2) is 4.68 Å². The summed E-state index contributed by atoms with van der Waals surface area (Å²) in [7, 11) is 0. The van der Waals surface area contributed by atoms with E-state index in [1.165, 1.54) is 36.6 Å². The minimum absolute atomic E-state index is 0.0412. The number of anilines is 1. The van der Waals surface area contributed by atoms with Crippen molar-refractivity contribution in [3.63, 3.8) is 0 Å². The van der Waals surface area contributed by atoms with Crippen molar-refractivity contribution in [3.05, 3.63) is 29.8 Å². The zero-order chi connectivity index (χ0) is 17.6. The van der Waals surface area contributed by atoms with Crippen molar-refractivity contribution in [1.82, 2.24) is 20.2 Å². The second kappa shape index (κ2) is 8.47. The zero-order valence-electron chi connectivity index (χ0n) is 14.8. The monoisotopic (exact) mass is 359 g/mol. The summed E-state index contributed by atoms with van der Waals surface area (Å²) in [4.78, 5) is 12.2. The molecule has 1 amide bonds. The van der Waals surface area contributed by atoms with E-state index in [0.717, 1.165) is 23.7 Å². The van der Waals surface area contributed by atoms with Crippen molar-refractivity contribution in [1.29, 1.82) is 0 Å². The number of thioether (sulfide) groups is 1. The molecule has 1 aromatic carbocycles. The van der Waals surface area contributed by atoms with Crippen LogP contribution in [0.25, 0.3) is 0 Å². The van der Waals surface area contributed by atoms with Crippen LogP contribution in [0.15, 0.2) is 29.4 Å². The molecule has 1 aliphatic rings. The lowest BCUT2D eigenvalue weighted by Crippen LogP contribution is -2.17. The van der Waals surface area contributed by atoms with Gasteiger partial charge in [-0.15, -0.1) is 5.10 Å². The van der Waals surface area contributed by atoms with Gasteiger partial charge in [0.15, 0.2) is 0 Å². The molecule has 3 rings (SSSR count). The number of benzene rings is 1. The van der Waals surface area contributed by atoms with Crippen molar-refractivity contribution < 1.29 is 4.79 Å². The van der Waals surface area contributed by atoms with E-state index in [4.69, 9.17) is 0 Å². The number of nitrogens with one attached hydrogen (secondary N) is 1. The highest BCUT2D eigenvalue weighted by molar-refractivity contribution is 7.99. The number of amides is 1. The Balaban J connectivity index is 1.53. The van der Waals surface area contributed by atoms with E-state index in [1.807, 2.05) is 16.8 Å². The molecule has 1 aliphatic carbocycles. The van der Waals surface area contributed by atoms with Crippen molar-refractivity contribution in [2.24, 2.45) is 0 Å². The second-order valence-electron chi connectivity index (χ2n) is 6.81. The Morgan fingerprint density at radius 1 is 1.24 bits per heavy atom. The molecule has 0 atom stereocenters. The topological polar surface area (TPSA) is 72.7 Å². The number of tetrazole rings is 1. The maximum absolute atomic E-state index is 12.2. The first kappa shape index (κ1) is 17.9. The summed E-state index contributed by atoms with van der Waals surface area (Å²) in [6.07, 6.45) is 5.97. The van der Waals surface area contributed by atoms with Crippen molar-refractivity contribution in [3.8, 4) is 0 Å². The molecule has 0 saturated heterocycles. The predicted octanol–water partition coefficient (Wildman–Crippen LogP) is 4.03. The van der Waals surface area contributed by atoms with Gasteiger partial charge < -0.3 is 5.32 Å². The van der Waals surface area contributed by atoms with E-state index < -0.39 is 0 Å². The average Bonchev–Trinajstić information content (AvgIpc) is 3.10. The van der Waals surface area contributed by atoms with E-state index in [1.54, 1.807) is 0 Å². The van der Waals surface area contributed by atoms with Crippen LogP contribution in [-0.2, 0) is 4.79 Å². The van der Waals surface area contributed by atoms with E-state index >= 15 is 0 Å². The summed E-state index contributed by atoms with van der Waals surface area (Å²) < 4.78 is 1.90. The number of hydrogen-bond acceptors (Lipinski definition) is 5. The molecular weight excluding hydrogens is 334 g/mol. The van der Waals surface area contributed by atoms with E-state index in [-0.39, 0.29) is 5.91 Å². The largest absolute Gasteiger partial charge is 0.325 e. The van der Waals surface area contributed by atoms with Crippen molar-refractivity contribution in [2.45, 2.75) is 63.1 Å². The highest BCUT2D eigenvalue weighted by Gasteiger charge is 2.20. The maximum Gasteiger partial charge on any atom is 0.234 e. The Morgan fingerprint density at radius 2 is 1.96 bits per heavy atom. The summed E-state index contributed by atoms with van der Waals surface area (Å²) in [5.41, 5.74) is 2.08. The standard InChI is InChI=1S/C18H25N5OS/c1-13(2)14-8-10-15(11-9-14)19-17(24)12-25-18-20-21-22-23(18)16-6-4-3-5-7-16/h8-11,13,16H,3-7,12H2,1-2H3,(H,19,24). The first-order valence-electron chi connectivity index (χ1n) is 8.94. The number of carbonyl (C=O) groups excluding carboxylic acids is 1. The molecule has 7 heteroatoms. The van der Waals surface area contributed by atoms with E-state index in [2.05, 4.69) is 46.8 Å². The van der Waals surface area contributed by atoms with Crippen molar-refractivity contribution >= 4 is 23.4 Å². The molecule has 0 bridgehead atoms. The van der Waals surface area contributed by atoms with Crippen LogP contribution >= 0.6 is 11.8 Å². The van der Waals surface area contributed by atoms with Gasteiger partial charge in [0.2, 0.25) is 11.1 Å². The molecule has 0 aliphatic heterocycles. The molecule has 0 unspecified atom stereocenters. The molecule has 1 heterocycles. The van der Waals surface area contributed by atoms with Gasteiger partial charge in [-0.1, -0.05) is 57.0 Å². The summed E-state index contributed by atoms with van der Waals surface area (Å²) >= 11 is 1.40. The average molecular weight is 359 g/mol. The second-order valence-corrected chi connectivity index (χ2v) is 7.75. The Bertz CT molecular complexity index is 692.